The second-order valence-corrected chi connectivity index (χ2v) is 10.3. The maximum absolute atomic E-state index is 12.8. The highest BCUT2D eigenvalue weighted by atomic mass is 35.5. The minimum atomic E-state index is -3.29. The molecule has 0 N–H and O–H groups in total. The number of aromatic nitrogens is 2. The van der Waals surface area contributed by atoms with Crippen LogP contribution >= 0.6 is 23.4 Å². The van der Waals surface area contributed by atoms with Crippen molar-refractivity contribution >= 4 is 44.8 Å². The number of sulfone groups is 1. The highest BCUT2D eigenvalue weighted by Gasteiger charge is 2.24. The molecule has 30 heavy (non-hydrogen) atoms. The van der Waals surface area contributed by atoms with Crippen LogP contribution < -0.4 is 4.90 Å². The van der Waals surface area contributed by atoms with Crippen LogP contribution in [0.15, 0.2) is 57.0 Å². The molecular formula is C20H18ClN3O4S2. The Balaban J connectivity index is 1.45. The molecule has 0 spiro atoms. The number of thioether (sulfide) groups is 1. The van der Waals surface area contributed by atoms with Crippen LogP contribution in [0.4, 0.5) is 5.69 Å². The molecule has 0 unspecified atom stereocenters. The van der Waals surface area contributed by atoms with Gasteiger partial charge in [-0.2, -0.15) is 0 Å². The number of aryl methyl sites for hydroxylation is 1. The van der Waals surface area contributed by atoms with E-state index in [9.17, 15) is 13.2 Å². The average Bonchev–Trinajstić information content (AvgIpc) is 3.20. The lowest BCUT2D eigenvalue weighted by molar-refractivity contribution is -0.116. The molecule has 0 aliphatic carbocycles. The number of rotatable bonds is 5. The van der Waals surface area contributed by atoms with Crippen molar-refractivity contribution in [3.05, 3.63) is 53.1 Å². The van der Waals surface area contributed by atoms with Crippen molar-refractivity contribution in [3.8, 4) is 11.5 Å². The van der Waals surface area contributed by atoms with Crippen LogP contribution in [-0.4, -0.2) is 43.1 Å². The number of anilines is 1. The van der Waals surface area contributed by atoms with Gasteiger partial charge in [-0.05, 0) is 60.9 Å². The lowest BCUT2D eigenvalue weighted by Gasteiger charge is -2.29. The summed E-state index contributed by atoms with van der Waals surface area (Å²) in [6.07, 6.45) is 2.70. The van der Waals surface area contributed by atoms with E-state index in [0.29, 0.717) is 22.7 Å². The van der Waals surface area contributed by atoms with Crippen LogP contribution in [0.5, 0.6) is 0 Å². The van der Waals surface area contributed by atoms with E-state index in [2.05, 4.69) is 10.2 Å². The molecule has 156 valence electrons. The molecule has 0 bridgehead atoms. The van der Waals surface area contributed by atoms with E-state index in [1.807, 2.05) is 0 Å². The van der Waals surface area contributed by atoms with Gasteiger partial charge in [-0.3, -0.25) is 4.79 Å². The van der Waals surface area contributed by atoms with Crippen molar-refractivity contribution in [3.63, 3.8) is 0 Å². The number of carbonyl (C=O) groups is 1. The number of hydrogen-bond donors (Lipinski definition) is 0. The largest absolute Gasteiger partial charge is 0.411 e. The molecule has 1 aromatic heterocycles. The molecule has 2 aromatic carbocycles. The third-order valence-corrected chi connectivity index (χ3v) is 6.88. The fraction of sp³-hybridized carbons (Fsp3) is 0.250. The first-order chi connectivity index (χ1) is 14.3. The minimum absolute atomic E-state index is 0.0979. The molecule has 3 aromatic rings. The Kier molecular flexibility index (Phi) is 5.86. The zero-order valence-electron chi connectivity index (χ0n) is 16.0. The Hall–Kier alpha value is -2.36. The van der Waals surface area contributed by atoms with E-state index >= 15 is 0 Å². The van der Waals surface area contributed by atoms with Crippen LogP contribution in [0.3, 0.4) is 0 Å². The quantitative estimate of drug-likeness (QED) is 0.530. The molecule has 1 aliphatic rings. The number of halogens is 1. The van der Waals surface area contributed by atoms with E-state index in [4.69, 9.17) is 16.0 Å². The topological polar surface area (TPSA) is 93.4 Å². The molecule has 4 rings (SSSR count). The van der Waals surface area contributed by atoms with Crippen LogP contribution in [0.2, 0.25) is 5.02 Å². The molecule has 0 saturated carbocycles. The summed E-state index contributed by atoms with van der Waals surface area (Å²) in [6, 6.07) is 12.0. The maximum Gasteiger partial charge on any atom is 0.277 e. The fourth-order valence-corrected chi connectivity index (χ4v) is 4.68. The summed E-state index contributed by atoms with van der Waals surface area (Å²) in [7, 11) is -3.29. The Bertz CT molecular complexity index is 1190. The summed E-state index contributed by atoms with van der Waals surface area (Å²) in [5.41, 5.74) is 2.37. The van der Waals surface area contributed by atoms with E-state index in [1.165, 1.54) is 18.0 Å². The summed E-state index contributed by atoms with van der Waals surface area (Å²) in [5, 5.41) is 8.92. The first-order valence-corrected chi connectivity index (χ1v) is 12.4. The van der Waals surface area contributed by atoms with Crippen molar-refractivity contribution in [2.45, 2.75) is 23.0 Å². The molecule has 10 heteroatoms. The Labute approximate surface area is 183 Å². The Morgan fingerprint density at radius 2 is 1.97 bits per heavy atom. The lowest BCUT2D eigenvalue weighted by atomic mass is 10.0. The van der Waals surface area contributed by atoms with Gasteiger partial charge in [-0.25, -0.2) is 8.42 Å². The van der Waals surface area contributed by atoms with Crippen molar-refractivity contribution in [2.75, 3.05) is 23.5 Å². The monoisotopic (exact) mass is 463 g/mol. The minimum Gasteiger partial charge on any atom is -0.411 e. The van der Waals surface area contributed by atoms with Gasteiger partial charge in [0.1, 0.15) is 0 Å². The van der Waals surface area contributed by atoms with Crippen LogP contribution in [-0.2, 0) is 21.1 Å². The number of amides is 1. The van der Waals surface area contributed by atoms with Crippen molar-refractivity contribution < 1.29 is 17.6 Å². The summed E-state index contributed by atoms with van der Waals surface area (Å²) < 4.78 is 29.2. The number of carbonyl (C=O) groups excluding carboxylic acids is 1. The predicted octanol–water partition coefficient (Wildman–Crippen LogP) is 3.87. The van der Waals surface area contributed by atoms with Gasteiger partial charge in [0.2, 0.25) is 11.8 Å². The van der Waals surface area contributed by atoms with Gasteiger partial charge in [-0.1, -0.05) is 23.4 Å². The number of benzene rings is 2. The molecule has 0 radical (unpaired) electrons. The summed E-state index contributed by atoms with van der Waals surface area (Å²) in [4.78, 5) is 14.8. The van der Waals surface area contributed by atoms with Gasteiger partial charge in [0.05, 0.1) is 10.6 Å². The van der Waals surface area contributed by atoms with Crippen LogP contribution in [0.25, 0.3) is 11.5 Å². The first-order valence-electron chi connectivity index (χ1n) is 9.17. The summed E-state index contributed by atoms with van der Waals surface area (Å²) in [5.74, 6) is 0.396. The third kappa shape index (κ3) is 4.53. The van der Waals surface area contributed by atoms with E-state index in [1.54, 1.807) is 47.4 Å². The van der Waals surface area contributed by atoms with Crippen molar-refractivity contribution in [1.29, 1.82) is 0 Å². The standard InChI is InChI=1S/C20H18ClN3O4S2/c1-30(26,27)16-8-9-17-14(11-16)3-2-10-24(17)18(25)12-29-20-23-22-19(28-20)13-4-6-15(21)7-5-13/h4-9,11H,2-3,10,12H2,1H3. The van der Waals surface area contributed by atoms with Gasteiger partial charge in [0, 0.05) is 29.1 Å². The Morgan fingerprint density at radius 3 is 2.70 bits per heavy atom. The molecule has 1 aliphatic heterocycles. The maximum atomic E-state index is 12.8. The molecule has 7 nitrogen and oxygen atoms in total. The highest BCUT2D eigenvalue weighted by Crippen LogP contribution is 2.31. The number of nitrogens with zero attached hydrogens (tertiary/aromatic N) is 3. The molecule has 0 saturated heterocycles. The zero-order chi connectivity index (χ0) is 21.3. The number of fused-ring (bicyclic) bond motifs is 1. The van der Waals surface area contributed by atoms with E-state index in [-0.39, 0.29) is 16.6 Å². The smallest absolute Gasteiger partial charge is 0.277 e. The lowest BCUT2D eigenvalue weighted by Crippen LogP contribution is -2.36. The zero-order valence-corrected chi connectivity index (χ0v) is 18.4. The van der Waals surface area contributed by atoms with Gasteiger partial charge in [0.15, 0.2) is 9.84 Å². The summed E-state index contributed by atoms with van der Waals surface area (Å²) in [6.45, 7) is 0.588. The van der Waals surface area contributed by atoms with Crippen LogP contribution in [0.1, 0.15) is 12.0 Å². The molecular weight excluding hydrogens is 446 g/mol. The van der Waals surface area contributed by atoms with Crippen molar-refractivity contribution in [2.24, 2.45) is 0 Å². The third-order valence-electron chi connectivity index (χ3n) is 4.72. The van der Waals surface area contributed by atoms with Gasteiger partial charge < -0.3 is 9.32 Å². The molecule has 0 atom stereocenters. The average molecular weight is 464 g/mol. The summed E-state index contributed by atoms with van der Waals surface area (Å²) >= 11 is 7.06. The SMILES string of the molecule is CS(=O)(=O)c1ccc2c(c1)CCCN2C(=O)CSc1nnc(-c2ccc(Cl)cc2)o1. The Morgan fingerprint density at radius 1 is 1.20 bits per heavy atom. The number of hydrogen-bond acceptors (Lipinski definition) is 7. The highest BCUT2D eigenvalue weighted by molar-refractivity contribution is 7.99. The predicted molar refractivity (Wildman–Crippen MR) is 116 cm³/mol. The molecule has 0 fully saturated rings. The van der Waals surface area contributed by atoms with E-state index in [0.717, 1.165) is 29.7 Å². The normalized spacial score (nSPS) is 13.9. The van der Waals surface area contributed by atoms with E-state index < -0.39 is 9.84 Å². The van der Waals surface area contributed by atoms with Gasteiger partial charge in [-0.15, -0.1) is 10.2 Å². The van der Waals surface area contributed by atoms with Gasteiger partial charge in [0.25, 0.3) is 5.22 Å². The fourth-order valence-electron chi connectivity index (χ4n) is 3.24. The molecule has 2 heterocycles. The van der Waals surface area contributed by atoms with Gasteiger partial charge >= 0.3 is 0 Å². The molecule has 1 amide bonds. The first kappa shape index (κ1) is 20.9. The second-order valence-electron chi connectivity index (χ2n) is 6.88. The second kappa shape index (κ2) is 8.41. The van der Waals surface area contributed by atoms with Crippen LogP contribution in [0, 0.1) is 0 Å². The van der Waals surface area contributed by atoms with Crippen molar-refractivity contribution in [1.82, 2.24) is 10.2 Å².